The number of rotatable bonds is 7. The van der Waals surface area contributed by atoms with Crippen molar-refractivity contribution < 1.29 is 13.2 Å². The lowest BCUT2D eigenvalue weighted by molar-refractivity contribution is -0.116. The van der Waals surface area contributed by atoms with E-state index < -0.39 is 9.84 Å². The SMILES string of the molecule is C[C@@H](c1ccc(S(C)(=O)=O)cc1)N(C)CCC(=O)Nc1cccc2ccccc12. The van der Waals surface area contributed by atoms with E-state index in [1.807, 2.05) is 68.6 Å². The second-order valence-corrected chi connectivity index (χ2v) is 9.34. The van der Waals surface area contributed by atoms with Crippen LogP contribution >= 0.6 is 0 Å². The molecule has 0 unspecified atom stereocenters. The van der Waals surface area contributed by atoms with Gasteiger partial charge in [0.25, 0.3) is 0 Å². The van der Waals surface area contributed by atoms with E-state index >= 15 is 0 Å². The zero-order valence-electron chi connectivity index (χ0n) is 16.9. The van der Waals surface area contributed by atoms with Crippen molar-refractivity contribution >= 4 is 32.2 Å². The summed E-state index contributed by atoms with van der Waals surface area (Å²) < 4.78 is 23.2. The molecule has 0 aromatic heterocycles. The highest BCUT2D eigenvalue weighted by Crippen LogP contribution is 2.24. The van der Waals surface area contributed by atoms with Gasteiger partial charge in [-0.05, 0) is 43.1 Å². The molecule has 0 spiro atoms. The van der Waals surface area contributed by atoms with Gasteiger partial charge in [0, 0.05) is 36.3 Å². The molecule has 0 fully saturated rings. The van der Waals surface area contributed by atoms with Gasteiger partial charge in [0.2, 0.25) is 5.91 Å². The van der Waals surface area contributed by atoms with Crippen LogP contribution in [0.5, 0.6) is 0 Å². The molecule has 6 heteroatoms. The Balaban J connectivity index is 1.59. The monoisotopic (exact) mass is 410 g/mol. The Morgan fingerprint density at radius 3 is 2.34 bits per heavy atom. The Bertz CT molecular complexity index is 1100. The number of amides is 1. The number of hydrogen-bond donors (Lipinski definition) is 1. The molecule has 1 amide bonds. The molecule has 1 N–H and O–H groups in total. The number of anilines is 1. The molecule has 0 aliphatic rings. The average Bonchev–Trinajstić information content (AvgIpc) is 2.71. The second kappa shape index (κ2) is 8.76. The number of sulfone groups is 1. The highest BCUT2D eigenvalue weighted by molar-refractivity contribution is 7.90. The number of carbonyl (C=O) groups is 1. The van der Waals surface area contributed by atoms with Crippen LogP contribution in [0.15, 0.2) is 71.6 Å². The first kappa shape index (κ1) is 21.0. The van der Waals surface area contributed by atoms with Gasteiger partial charge in [-0.15, -0.1) is 0 Å². The smallest absolute Gasteiger partial charge is 0.225 e. The maximum absolute atomic E-state index is 12.5. The topological polar surface area (TPSA) is 66.5 Å². The Labute approximate surface area is 172 Å². The molecule has 0 aliphatic carbocycles. The maximum atomic E-state index is 12.5. The third kappa shape index (κ3) is 5.22. The van der Waals surface area contributed by atoms with Gasteiger partial charge in [-0.2, -0.15) is 0 Å². The van der Waals surface area contributed by atoms with Crippen molar-refractivity contribution in [2.45, 2.75) is 24.3 Å². The third-order valence-electron chi connectivity index (χ3n) is 5.21. The molecule has 0 radical (unpaired) electrons. The van der Waals surface area contributed by atoms with Gasteiger partial charge in [-0.1, -0.05) is 48.5 Å². The molecule has 0 saturated heterocycles. The summed E-state index contributed by atoms with van der Waals surface area (Å²) >= 11 is 0. The van der Waals surface area contributed by atoms with Crippen molar-refractivity contribution in [2.75, 3.05) is 25.2 Å². The van der Waals surface area contributed by atoms with Crippen molar-refractivity contribution in [1.82, 2.24) is 4.90 Å². The minimum atomic E-state index is -3.20. The van der Waals surface area contributed by atoms with E-state index in [0.717, 1.165) is 22.0 Å². The van der Waals surface area contributed by atoms with Gasteiger partial charge < -0.3 is 5.32 Å². The quantitative estimate of drug-likeness (QED) is 0.632. The van der Waals surface area contributed by atoms with Crippen LogP contribution in [0.4, 0.5) is 5.69 Å². The molecule has 3 aromatic carbocycles. The van der Waals surface area contributed by atoms with Crippen LogP contribution < -0.4 is 5.32 Å². The second-order valence-electron chi connectivity index (χ2n) is 7.32. The molecular weight excluding hydrogens is 384 g/mol. The van der Waals surface area contributed by atoms with E-state index in [2.05, 4.69) is 10.2 Å². The largest absolute Gasteiger partial charge is 0.325 e. The average molecular weight is 411 g/mol. The van der Waals surface area contributed by atoms with E-state index in [0.29, 0.717) is 17.9 Å². The third-order valence-corrected chi connectivity index (χ3v) is 6.34. The number of carbonyl (C=O) groups excluding carboxylic acids is 1. The van der Waals surface area contributed by atoms with Crippen molar-refractivity contribution in [3.63, 3.8) is 0 Å². The fourth-order valence-electron chi connectivity index (χ4n) is 3.27. The number of hydrogen-bond acceptors (Lipinski definition) is 4. The highest BCUT2D eigenvalue weighted by Gasteiger charge is 2.15. The first-order valence-corrected chi connectivity index (χ1v) is 11.4. The van der Waals surface area contributed by atoms with Crippen molar-refractivity contribution in [3.05, 3.63) is 72.3 Å². The zero-order chi connectivity index (χ0) is 21.0. The van der Waals surface area contributed by atoms with E-state index in [4.69, 9.17) is 0 Å². The molecule has 3 aromatic rings. The van der Waals surface area contributed by atoms with E-state index in [-0.39, 0.29) is 11.9 Å². The highest BCUT2D eigenvalue weighted by atomic mass is 32.2. The summed E-state index contributed by atoms with van der Waals surface area (Å²) in [5.74, 6) is -0.0344. The Hall–Kier alpha value is -2.70. The summed E-state index contributed by atoms with van der Waals surface area (Å²) in [6.45, 7) is 2.63. The van der Waals surface area contributed by atoms with Gasteiger partial charge in [0.1, 0.15) is 0 Å². The fraction of sp³-hybridized carbons (Fsp3) is 0.261. The molecule has 1 atom stereocenters. The molecule has 0 heterocycles. The van der Waals surface area contributed by atoms with Crippen LogP contribution in [0.25, 0.3) is 10.8 Å². The summed E-state index contributed by atoms with van der Waals surface area (Å²) in [5, 5.41) is 5.13. The van der Waals surface area contributed by atoms with Gasteiger partial charge in [-0.3, -0.25) is 9.69 Å². The summed E-state index contributed by atoms with van der Waals surface area (Å²) in [6, 6.07) is 20.8. The van der Waals surface area contributed by atoms with E-state index in [1.54, 1.807) is 12.1 Å². The number of fused-ring (bicyclic) bond motifs is 1. The van der Waals surface area contributed by atoms with E-state index in [1.165, 1.54) is 6.26 Å². The first-order chi connectivity index (χ1) is 13.8. The molecule has 0 saturated carbocycles. The Morgan fingerprint density at radius 1 is 1.00 bits per heavy atom. The minimum absolute atomic E-state index is 0.0344. The minimum Gasteiger partial charge on any atom is -0.325 e. The molecule has 3 rings (SSSR count). The maximum Gasteiger partial charge on any atom is 0.225 e. The van der Waals surface area contributed by atoms with Gasteiger partial charge >= 0.3 is 0 Å². The molecule has 152 valence electrons. The fourth-order valence-corrected chi connectivity index (χ4v) is 3.90. The lowest BCUT2D eigenvalue weighted by Crippen LogP contribution is -2.27. The van der Waals surface area contributed by atoms with Crippen LogP contribution in [-0.2, 0) is 14.6 Å². The predicted molar refractivity (Wildman–Crippen MR) is 118 cm³/mol. The summed E-state index contributed by atoms with van der Waals surface area (Å²) in [6.07, 6.45) is 1.57. The summed E-state index contributed by atoms with van der Waals surface area (Å²) in [7, 11) is -1.24. The molecular formula is C23H26N2O3S. The van der Waals surface area contributed by atoms with Crippen LogP contribution in [0.3, 0.4) is 0 Å². The van der Waals surface area contributed by atoms with Crippen LogP contribution in [0, 0.1) is 0 Å². The normalized spacial score (nSPS) is 12.8. The molecule has 0 aliphatic heterocycles. The van der Waals surface area contributed by atoms with Gasteiger partial charge in [0.05, 0.1) is 4.90 Å². The Morgan fingerprint density at radius 2 is 1.66 bits per heavy atom. The Kier molecular flexibility index (Phi) is 6.35. The van der Waals surface area contributed by atoms with E-state index in [9.17, 15) is 13.2 Å². The molecule has 0 bridgehead atoms. The van der Waals surface area contributed by atoms with Crippen molar-refractivity contribution in [2.24, 2.45) is 0 Å². The van der Waals surface area contributed by atoms with Gasteiger partial charge in [0.15, 0.2) is 9.84 Å². The van der Waals surface area contributed by atoms with Crippen LogP contribution in [0.2, 0.25) is 0 Å². The zero-order valence-corrected chi connectivity index (χ0v) is 17.7. The van der Waals surface area contributed by atoms with Crippen LogP contribution in [-0.4, -0.2) is 39.1 Å². The van der Waals surface area contributed by atoms with Gasteiger partial charge in [-0.25, -0.2) is 8.42 Å². The standard InChI is InChI=1S/C23H26N2O3S/c1-17(18-11-13-20(14-12-18)29(3,27)28)25(2)16-15-23(26)24-22-10-6-8-19-7-4-5-9-21(19)22/h4-14,17H,15-16H2,1-3H3,(H,24,26)/t17-/m0/s1. The van der Waals surface area contributed by atoms with Crippen molar-refractivity contribution in [1.29, 1.82) is 0 Å². The number of nitrogens with one attached hydrogen (secondary N) is 1. The summed E-state index contributed by atoms with van der Waals surface area (Å²) in [5.41, 5.74) is 1.83. The predicted octanol–water partition coefficient (Wildman–Crippen LogP) is 4.26. The molecule has 5 nitrogen and oxygen atoms in total. The molecule has 29 heavy (non-hydrogen) atoms. The lowest BCUT2D eigenvalue weighted by Gasteiger charge is -2.25. The van der Waals surface area contributed by atoms with Crippen LogP contribution in [0.1, 0.15) is 24.9 Å². The van der Waals surface area contributed by atoms with Crippen molar-refractivity contribution in [3.8, 4) is 0 Å². The lowest BCUT2D eigenvalue weighted by atomic mass is 10.1. The first-order valence-electron chi connectivity index (χ1n) is 9.53. The summed E-state index contributed by atoms with van der Waals surface area (Å²) in [4.78, 5) is 14.9. The number of benzene rings is 3. The number of nitrogens with zero attached hydrogens (tertiary/aromatic N) is 1.